The lowest BCUT2D eigenvalue weighted by Gasteiger charge is -2.14. The van der Waals surface area contributed by atoms with Crippen molar-refractivity contribution in [3.8, 4) is 11.5 Å². The van der Waals surface area contributed by atoms with Crippen molar-refractivity contribution < 1.29 is 27.4 Å². The number of alkyl halides is 3. The molecule has 2 aromatic carbocycles. The molecule has 0 saturated carbocycles. The molecular formula is C19H15F3N2O3S. The molecule has 0 aliphatic heterocycles. The minimum absolute atomic E-state index is 0.133. The maximum Gasteiger partial charge on any atom is 0.573 e. The van der Waals surface area contributed by atoms with E-state index >= 15 is 0 Å². The normalized spacial score (nSPS) is 11.1. The fourth-order valence-electron chi connectivity index (χ4n) is 2.39. The van der Waals surface area contributed by atoms with Crippen molar-refractivity contribution in [2.45, 2.75) is 19.5 Å². The third-order valence-corrected chi connectivity index (χ3v) is 4.26. The van der Waals surface area contributed by atoms with Crippen LogP contribution in [0.3, 0.4) is 0 Å². The van der Waals surface area contributed by atoms with Gasteiger partial charge < -0.3 is 14.8 Å². The Hall–Kier alpha value is -3.07. The van der Waals surface area contributed by atoms with Gasteiger partial charge >= 0.3 is 6.36 Å². The molecule has 0 radical (unpaired) electrons. The van der Waals surface area contributed by atoms with Crippen molar-refractivity contribution in [2.24, 2.45) is 0 Å². The maximum atomic E-state index is 12.5. The molecule has 0 spiro atoms. The summed E-state index contributed by atoms with van der Waals surface area (Å²) in [4.78, 5) is 16.6. The molecule has 5 nitrogen and oxygen atoms in total. The monoisotopic (exact) mass is 408 g/mol. The molecule has 9 heteroatoms. The van der Waals surface area contributed by atoms with Gasteiger partial charge in [-0.15, -0.1) is 24.5 Å². The van der Waals surface area contributed by atoms with Crippen LogP contribution in [0.5, 0.6) is 11.5 Å². The average Bonchev–Trinajstić information content (AvgIpc) is 3.18. The van der Waals surface area contributed by atoms with E-state index in [1.165, 1.54) is 29.5 Å². The number of aromatic nitrogens is 1. The van der Waals surface area contributed by atoms with Gasteiger partial charge in [-0.1, -0.05) is 30.3 Å². The second-order valence-electron chi connectivity index (χ2n) is 5.60. The number of halogens is 3. The quantitative estimate of drug-likeness (QED) is 0.623. The van der Waals surface area contributed by atoms with E-state index in [4.69, 9.17) is 4.74 Å². The number of nitrogens with zero attached hydrogens (tertiary/aromatic N) is 1. The van der Waals surface area contributed by atoms with Gasteiger partial charge in [0.05, 0.1) is 16.8 Å². The Kier molecular flexibility index (Phi) is 6.15. The van der Waals surface area contributed by atoms with E-state index in [2.05, 4.69) is 15.0 Å². The van der Waals surface area contributed by atoms with Crippen molar-refractivity contribution >= 4 is 17.2 Å². The second-order valence-corrected chi connectivity index (χ2v) is 6.32. The van der Waals surface area contributed by atoms with Gasteiger partial charge in [0.2, 0.25) is 0 Å². The summed E-state index contributed by atoms with van der Waals surface area (Å²) in [7, 11) is 0. The first-order valence-corrected chi connectivity index (χ1v) is 9.07. The number of rotatable bonds is 7. The highest BCUT2D eigenvalue weighted by molar-refractivity contribution is 7.07. The summed E-state index contributed by atoms with van der Waals surface area (Å²) in [6.07, 6.45) is -4.81. The molecule has 1 heterocycles. The molecule has 0 unspecified atom stereocenters. The minimum Gasteiger partial charge on any atom is -0.486 e. The van der Waals surface area contributed by atoms with Crippen molar-refractivity contribution in [2.75, 3.05) is 0 Å². The van der Waals surface area contributed by atoms with Crippen LogP contribution in [0.1, 0.15) is 21.6 Å². The van der Waals surface area contributed by atoms with Gasteiger partial charge in [0, 0.05) is 17.5 Å². The Bertz CT molecular complexity index is 930. The number of para-hydroxylation sites is 2. The Morgan fingerprint density at radius 1 is 1.07 bits per heavy atom. The smallest absolute Gasteiger partial charge is 0.486 e. The molecule has 0 fully saturated rings. The molecule has 0 saturated heterocycles. The molecule has 3 rings (SSSR count). The van der Waals surface area contributed by atoms with Gasteiger partial charge in [-0.05, 0) is 18.2 Å². The minimum atomic E-state index is -4.81. The molecule has 28 heavy (non-hydrogen) atoms. The summed E-state index contributed by atoms with van der Waals surface area (Å²) in [5, 5.41) is 4.43. The van der Waals surface area contributed by atoms with Gasteiger partial charge in [-0.2, -0.15) is 0 Å². The van der Waals surface area contributed by atoms with Crippen molar-refractivity contribution in [1.29, 1.82) is 0 Å². The lowest BCUT2D eigenvalue weighted by molar-refractivity contribution is -0.274. The predicted molar refractivity (Wildman–Crippen MR) is 97.2 cm³/mol. The van der Waals surface area contributed by atoms with Gasteiger partial charge in [0.1, 0.15) is 18.1 Å². The Morgan fingerprint density at radius 3 is 2.50 bits per heavy atom. The number of amides is 1. The van der Waals surface area contributed by atoms with Gasteiger partial charge in [0.25, 0.3) is 5.91 Å². The SMILES string of the molecule is O=C(NCc1ccccc1OC(F)(F)F)c1ccccc1OCc1cscn1. The number of benzene rings is 2. The zero-order chi connectivity index (χ0) is 20.0. The molecule has 0 bridgehead atoms. The van der Waals surface area contributed by atoms with E-state index in [1.54, 1.807) is 35.8 Å². The molecule has 1 aromatic heterocycles. The zero-order valence-electron chi connectivity index (χ0n) is 14.4. The third kappa shape index (κ3) is 5.46. The first-order valence-electron chi connectivity index (χ1n) is 8.13. The number of thiazole rings is 1. The zero-order valence-corrected chi connectivity index (χ0v) is 15.2. The second kappa shape index (κ2) is 8.75. The third-order valence-electron chi connectivity index (χ3n) is 3.63. The first-order chi connectivity index (χ1) is 13.4. The van der Waals surface area contributed by atoms with Crippen LogP contribution in [0.4, 0.5) is 13.2 Å². The van der Waals surface area contributed by atoms with Crippen LogP contribution in [0.15, 0.2) is 59.4 Å². The van der Waals surface area contributed by atoms with Gasteiger partial charge in [0.15, 0.2) is 0 Å². The Morgan fingerprint density at radius 2 is 1.79 bits per heavy atom. The molecule has 0 aliphatic carbocycles. The van der Waals surface area contributed by atoms with Crippen LogP contribution in [0, 0.1) is 0 Å². The lowest BCUT2D eigenvalue weighted by atomic mass is 10.1. The molecule has 1 amide bonds. The summed E-state index contributed by atoms with van der Waals surface area (Å²) < 4.78 is 47.2. The summed E-state index contributed by atoms with van der Waals surface area (Å²) >= 11 is 1.43. The predicted octanol–water partition coefficient (Wildman–Crippen LogP) is 4.55. The molecule has 3 aromatic rings. The van der Waals surface area contributed by atoms with E-state index in [0.29, 0.717) is 5.75 Å². The highest BCUT2D eigenvalue weighted by atomic mass is 32.1. The van der Waals surface area contributed by atoms with Crippen molar-refractivity contribution in [3.05, 3.63) is 76.2 Å². The van der Waals surface area contributed by atoms with E-state index in [0.717, 1.165) is 5.69 Å². The summed E-state index contributed by atoms with van der Waals surface area (Å²) in [6, 6.07) is 12.2. The number of hydrogen-bond acceptors (Lipinski definition) is 5. The van der Waals surface area contributed by atoms with Crippen LogP contribution >= 0.6 is 11.3 Å². The molecule has 0 aliphatic rings. The highest BCUT2D eigenvalue weighted by Crippen LogP contribution is 2.26. The molecule has 146 valence electrons. The molecule has 1 N–H and O–H groups in total. The number of carbonyl (C=O) groups is 1. The van der Waals surface area contributed by atoms with Crippen molar-refractivity contribution in [3.63, 3.8) is 0 Å². The first kappa shape index (κ1) is 19.7. The van der Waals surface area contributed by atoms with Crippen LogP contribution < -0.4 is 14.8 Å². The number of carbonyl (C=O) groups excluding carboxylic acids is 1. The fourth-order valence-corrected chi connectivity index (χ4v) is 2.93. The topological polar surface area (TPSA) is 60.5 Å². The Balaban J connectivity index is 1.67. The molecular weight excluding hydrogens is 393 g/mol. The van der Waals surface area contributed by atoms with E-state index in [-0.39, 0.29) is 30.0 Å². The standard InChI is InChI=1S/C19H15F3N2O3S/c20-19(21,22)27-16-7-3-1-5-13(16)9-23-18(25)15-6-2-4-8-17(15)26-10-14-11-28-12-24-14/h1-8,11-12H,9-10H2,(H,23,25). The van der Waals surface area contributed by atoms with Crippen LogP contribution in [-0.2, 0) is 13.2 Å². The summed E-state index contributed by atoms with van der Waals surface area (Å²) in [6.45, 7) is 0.0710. The molecule has 0 atom stereocenters. The van der Waals surface area contributed by atoms with Crippen LogP contribution in [0.2, 0.25) is 0 Å². The highest BCUT2D eigenvalue weighted by Gasteiger charge is 2.32. The van der Waals surface area contributed by atoms with E-state index in [1.807, 2.05) is 5.38 Å². The average molecular weight is 408 g/mol. The van der Waals surface area contributed by atoms with E-state index in [9.17, 15) is 18.0 Å². The van der Waals surface area contributed by atoms with E-state index < -0.39 is 12.3 Å². The largest absolute Gasteiger partial charge is 0.573 e. The van der Waals surface area contributed by atoms with Gasteiger partial charge in [-0.25, -0.2) is 4.98 Å². The Labute approximate surface area is 162 Å². The van der Waals surface area contributed by atoms with Gasteiger partial charge in [-0.3, -0.25) is 4.79 Å². The van der Waals surface area contributed by atoms with Crippen molar-refractivity contribution in [1.82, 2.24) is 10.3 Å². The summed E-state index contributed by atoms with van der Waals surface area (Å²) in [5.41, 5.74) is 2.89. The fraction of sp³-hybridized carbons (Fsp3) is 0.158. The lowest BCUT2D eigenvalue weighted by Crippen LogP contribution is -2.25. The van der Waals surface area contributed by atoms with Crippen LogP contribution in [-0.4, -0.2) is 17.3 Å². The number of nitrogens with one attached hydrogen (secondary N) is 1. The number of hydrogen-bond donors (Lipinski definition) is 1. The summed E-state index contributed by atoms with van der Waals surface area (Å²) in [5.74, 6) is -0.480. The number of ether oxygens (including phenoxy) is 2. The van der Waals surface area contributed by atoms with Crippen LogP contribution in [0.25, 0.3) is 0 Å². The maximum absolute atomic E-state index is 12.5.